The van der Waals surface area contributed by atoms with Crippen LogP contribution in [0.3, 0.4) is 0 Å². The first-order valence-electron chi connectivity index (χ1n) is 10.8. The third kappa shape index (κ3) is 6.77. The number of anilines is 1. The van der Waals surface area contributed by atoms with E-state index >= 15 is 0 Å². The Bertz CT molecular complexity index is 1090. The summed E-state index contributed by atoms with van der Waals surface area (Å²) in [6, 6.07) is 12.0. The van der Waals surface area contributed by atoms with Gasteiger partial charge in [0.25, 0.3) is 0 Å². The molecule has 0 heterocycles. The third-order valence-electron chi connectivity index (χ3n) is 5.32. The zero-order chi connectivity index (χ0) is 24.8. The highest BCUT2D eigenvalue weighted by Gasteiger charge is 2.31. The van der Waals surface area contributed by atoms with Crippen molar-refractivity contribution in [1.29, 1.82) is 0 Å². The average Bonchev–Trinajstić information content (AvgIpc) is 2.75. The van der Waals surface area contributed by atoms with Crippen LogP contribution in [0.25, 0.3) is 0 Å². The summed E-state index contributed by atoms with van der Waals surface area (Å²) in [5, 5.41) is 2.66. The molecule has 1 atom stereocenters. The Morgan fingerprint density at radius 3 is 2.21 bits per heavy atom. The minimum absolute atomic E-state index is 0.0179. The van der Waals surface area contributed by atoms with Crippen LogP contribution in [0.5, 0.6) is 0 Å². The Morgan fingerprint density at radius 2 is 1.64 bits per heavy atom. The quantitative estimate of drug-likeness (QED) is 0.569. The number of amides is 2. The highest BCUT2D eigenvalue weighted by molar-refractivity contribution is 7.92. The zero-order valence-electron chi connectivity index (χ0n) is 19.7. The van der Waals surface area contributed by atoms with E-state index in [9.17, 15) is 22.4 Å². The predicted octanol–water partition coefficient (Wildman–Crippen LogP) is 3.27. The summed E-state index contributed by atoms with van der Waals surface area (Å²) in [7, 11) is -3.83. The van der Waals surface area contributed by atoms with Crippen LogP contribution in [0.15, 0.2) is 48.5 Å². The summed E-state index contributed by atoms with van der Waals surface area (Å²) in [4.78, 5) is 27.2. The van der Waals surface area contributed by atoms with E-state index in [-0.39, 0.29) is 18.0 Å². The van der Waals surface area contributed by atoms with Crippen molar-refractivity contribution in [3.8, 4) is 0 Å². The monoisotopic (exact) mass is 477 g/mol. The van der Waals surface area contributed by atoms with Gasteiger partial charge in [-0.15, -0.1) is 0 Å². The summed E-state index contributed by atoms with van der Waals surface area (Å²) in [5.74, 6) is -1.51. The first kappa shape index (κ1) is 26.3. The lowest BCUT2D eigenvalue weighted by Gasteiger charge is -2.32. The zero-order valence-corrected chi connectivity index (χ0v) is 20.5. The number of sulfonamides is 1. The lowest BCUT2D eigenvalue weighted by atomic mass is 10.0. The van der Waals surface area contributed by atoms with Crippen molar-refractivity contribution in [2.45, 2.75) is 46.2 Å². The average molecular weight is 478 g/mol. The van der Waals surface area contributed by atoms with E-state index < -0.39 is 40.2 Å². The van der Waals surface area contributed by atoms with Crippen LogP contribution < -0.4 is 9.62 Å². The second kappa shape index (κ2) is 11.3. The Morgan fingerprint density at radius 1 is 1.03 bits per heavy atom. The van der Waals surface area contributed by atoms with Crippen LogP contribution >= 0.6 is 0 Å². The summed E-state index contributed by atoms with van der Waals surface area (Å²) in [5.41, 5.74) is 1.41. The lowest BCUT2D eigenvalue weighted by Crippen LogP contribution is -2.51. The number of para-hydroxylation sites is 1. The number of benzene rings is 2. The molecule has 0 aliphatic heterocycles. The molecule has 0 spiro atoms. The second-order valence-corrected chi connectivity index (χ2v) is 10.1. The summed E-state index contributed by atoms with van der Waals surface area (Å²) in [6.07, 6.45) is 1.03. The molecule has 0 aromatic heterocycles. The van der Waals surface area contributed by atoms with Gasteiger partial charge in [-0.25, -0.2) is 12.8 Å². The van der Waals surface area contributed by atoms with Crippen LogP contribution in [0, 0.1) is 5.82 Å². The highest BCUT2D eigenvalue weighted by atomic mass is 32.2. The van der Waals surface area contributed by atoms with Crippen molar-refractivity contribution in [1.82, 2.24) is 10.2 Å². The number of rotatable bonds is 10. The van der Waals surface area contributed by atoms with E-state index in [0.717, 1.165) is 16.1 Å². The molecule has 2 amide bonds. The van der Waals surface area contributed by atoms with Crippen molar-refractivity contribution in [3.05, 3.63) is 65.5 Å². The number of hydrogen-bond donors (Lipinski definition) is 1. The van der Waals surface area contributed by atoms with Gasteiger partial charge < -0.3 is 10.2 Å². The number of carbonyl (C=O) groups is 2. The molecule has 9 heteroatoms. The molecule has 0 aliphatic carbocycles. The topological polar surface area (TPSA) is 86.8 Å². The van der Waals surface area contributed by atoms with Crippen LogP contribution in [0.2, 0.25) is 0 Å². The molecule has 0 saturated carbocycles. The van der Waals surface area contributed by atoms with E-state index in [2.05, 4.69) is 5.32 Å². The molecule has 2 aromatic carbocycles. The van der Waals surface area contributed by atoms with Crippen LogP contribution in [0.4, 0.5) is 10.1 Å². The minimum Gasteiger partial charge on any atom is -0.355 e. The van der Waals surface area contributed by atoms with E-state index in [1.54, 1.807) is 25.1 Å². The number of likely N-dealkylation sites (N-methyl/N-ethyl adjacent to an activating group) is 1. The molecule has 2 rings (SSSR count). The molecule has 0 fully saturated rings. The maximum absolute atomic E-state index is 14.3. The predicted molar refractivity (Wildman–Crippen MR) is 128 cm³/mol. The normalized spacial score (nSPS) is 12.3. The van der Waals surface area contributed by atoms with Gasteiger partial charge in [0.05, 0.1) is 11.9 Å². The number of carbonyl (C=O) groups excluding carboxylic acids is 2. The van der Waals surface area contributed by atoms with Crippen molar-refractivity contribution in [3.63, 3.8) is 0 Å². The fourth-order valence-electron chi connectivity index (χ4n) is 3.51. The van der Waals surface area contributed by atoms with Gasteiger partial charge in [-0.05, 0) is 37.5 Å². The Kier molecular flexibility index (Phi) is 8.99. The minimum atomic E-state index is -3.83. The SMILES string of the molecule is CCNC(=O)[C@@H](C)N(Cc1ccccc1F)C(=O)CN(c1ccccc1C(C)C)S(C)(=O)=O. The van der Waals surface area contributed by atoms with Gasteiger partial charge in [0.15, 0.2) is 0 Å². The number of nitrogens with one attached hydrogen (secondary N) is 1. The second-order valence-electron chi connectivity index (χ2n) is 8.17. The van der Waals surface area contributed by atoms with Gasteiger partial charge in [0, 0.05) is 18.7 Å². The highest BCUT2D eigenvalue weighted by Crippen LogP contribution is 2.29. The number of nitrogens with zero attached hydrogens (tertiary/aromatic N) is 2. The smallest absolute Gasteiger partial charge is 0.244 e. The van der Waals surface area contributed by atoms with Crippen molar-refractivity contribution in [2.24, 2.45) is 0 Å². The molecule has 0 radical (unpaired) electrons. The van der Waals surface area contributed by atoms with Gasteiger partial charge in [0.1, 0.15) is 18.4 Å². The first-order valence-corrected chi connectivity index (χ1v) is 12.7. The molecular formula is C24H32FN3O4S. The van der Waals surface area contributed by atoms with E-state index in [4.69, 9.17) is 0 Å². The molecular weight excluding hydrogens is 445 g/mol. The van der Waals surface area contributed by atoms with Crippen molar-refractivity contribution in [2.75, 3.05) is 23.7 Å². The Hall–Kier alpha value is -2.94. The molecule has 0 aliphatic rings. The Balaban J connectivity index is 2.47. The molecule has 0 unspecified atom stereocenters. The molecule has 1 N–H and O–H groups in total. The molecule has 7 nitrogen and oxygen atoms in total. The fourth-order valence-corrected chi connectivity index (χ4v) is 4.38. The molecule has 2 aromatic rings. The summed E-state index contributed by atoms with van der Waals surface area (Å²) >= 11 is 0. The van der Waals surface area contributed by atoms with E-state index in [0.29, 0.717) is 12.2 Å². The van der Waals surface area contributed by atoms with Gasteiger partial charge in [-0.2, -0.15) is 0 Å². The van der Waals surface area contributed by atoms with Crippen LogP contribution in [-0.2, 0) is 26.2 Å². The molecule has 33 heavy (non-hydrogen) atoms. The Labute approximate surface area is 195 Å². The fraction of sp³-hybridized carbons (Fsp3) is 0.417. The van der Waals surface area contributed by atoms with Crippen LogP contribution in [0.1, 0.15) is 44.7 Å². The molecule has 0 bridgehead atoms. The summed E-state index contributed by atoms with van der Waals surface area (Å²) in [6.45, 7) is 6.83. The summed E-state index contributed by atoms with van der Waals surface area (Å²) < 4.78 is 40.8. The number of halogens is 1. The lowest BCUT2D eigenvalue weighted by molar-refractivity contribution is -0.139. The largest absolute Gasteiger partial charge is 0.355 e. The third-order valence-corrected chi connectivity index (χ3v) is 6.45. The molecule has 180 valence electrons. The van der Waals surface area contributed by atoms with Gasteiger partial charge in [-0.1, -0.05) is 50.2 Å². The van der Waals surface area contributed by atoms with Gasteiger partial charge >= 0.3 is 0 Å². The first-order chi connectivity index (χ1) is 15.5. The van der Waals surface area contributed by atoms with Crippen molar-refractivity contribution < 1.29 is 22.4 Å². The van der Waals surface area contributed by atoms with Crippen molar-refractivity contribution >= 4 is 27.5 Å². The molecule has 0 saturated heterocycles. The van der Waals surface area contributed by atoms with Gasteiger partial charge in [-0.3, -0.25) is 13.9 Å². The van der Waals surface area contributed by atoms with E-state index in [1.165, 1.54) is 30.0 Å². The van der Waals surface area contributed by atoms with Crippen LogP contribution in [-0.4, -0.2) is 50.5 Å². The van der Waals surface area contributed by atoms with Gasteiger partial charge in [0.2, 0.25) is 21.8 Å². The standard InChI is InChI=1S/C24H32FN3O4S/c1-6-26-24(30)18(4)27(15-19-11-7-9-13-21(19)25)23(29)16-28(33(5,31)32)22-14-10-8-12-20(22)17(2)3/h7-14,17-18H,6,15-16H2,1-5H3,(H,26,30)/t18-/m1/s1. The number of hydrogen-bond acceptors (Lipinski definition) is 4. The van der Waals surface area contributed by atoms with E-state index in [1.807, 2.05) is 26.0 Å². The maximum Gasteiger partial charge on any atom is 0.244 e. The maximum atomic E-state index is 14.3.